The van der Waals surface area contributed by atoms with Gasteiger partial charge in [-0.2, -0.15) is 0 Å². The van der Waals surface area contributed by atoms with Gasteiger partial charge in [0.05, 0.1) is 5.69 Å². The number of fused-ring (bicyclic) bond motifs is 25. The van der Waals surface area contributed by atoms with Gasteiger partial charge >= 0.3 is 0 Å². The first-order chi connectivity index (χ1) is 49.7. The molecule has 0 fully saturated rings. The highest BCUT2D eigenvalue weighted by molar-refractivity contribution is 6.21. The van der Waals surface area contributed by atoms with E-state index in [-0.39, 0.29) is 27.1 Å². The standard InChI is InChI=1S/C99H107NO2/c1-11-15-19-23-35-56-98(57-36-24-20-16-12-2)75-45-32-28-41-68(75)91-93(98)92-89(90-71-43-30-34-49-84(71)102-94(90)91)69-53-51-65(61-81(69)99(92,58-37-25-21-17-13-3)59-38-26-22-18-14-4)100(82-47-39-46-76-86(82)67-40-27-31-44-74(67)95(76,5)6)64-50-52-66-72-62-80-73(63-79(72)97(9,10)78(66)60-64)87-77(96(80,7)8)54-55-85-88(87)70-42-29-33-48-83(70)101-85/h27-34,39-55,60-63H,11-26,35-38,56-59H2,1-10H3. The molecule has 2 aromatic heterocycles. The molecule has 0 aliphatic heterocycles. The third-order valence-corrected chi connectivity index (χ3v) is 26.4. The number of anilines is 3. The molecule has 520 valence electrons. The topological polar surface area (TPSA) is 29.5 Å². The number of hydrogen-bond donors (Lipinski definition) is 0. The van der Waals surface area contributed by atoms with Crippen molar-refractivity contribution in [3.63, 3.8) is 0 Å². The average molecular weight is 1340 g/mol. The van der Waals surface area contributed by atoms with Gasteiger partial charge in [-0.05, 0) is 186 Å². The van der Waals surface area contributed by atoms with Crippen molar-refractivity contribution in [2.75, 3.05) is 4.90 Å². The van der Waals surface area contributed by atoms with Crippen molar-refractivity contribution < 1.29 is 8.83 Å². The molecular formula is C99H107NO2. The highest BCUT2D eigenvalue weighted by atomic mass is 16.3. The van der Waals surface area contributed by atoms with E-state index in [2.05, 4.69) is 250 Å². The van der Waals surface area contributed by atoms with Crippen LogP contribution in [0.5, 0.6) is 0 Å². The van der Waals surface area contributed by atoms with Gasteiger partial charge in [-0.1, -0.05) is 313 Å². The molecule has 5 aliphatic rings. The number of furan rings is 2. The summed E-state index contributed by atoms with van der Waals surface area (Å²) in [7, 11) is 0. The largest absolute Gasteiger partial charge is 0.456 e. The highest BCUT2D eigenvalue weighted by Gasteiger charge is 2.55. The number of benzene rings is 10. The van der Waals surface area contributed by atoms with Crippen LogP contribution in [0.1, 0.15) is 279 Å². The Morgan fingerprint density at radius 3 is 1.35 bits per heavy atom. The highest BCUT2D eigenvalue weighted by Crippen LogP contribution is 2.69. The lowest BCUT2D eigenvalue weighted by atomic mass is 9.62. The zero-order valence-corrected chi connectivity index (χ0v) is 63.0. The van der Waals surface area contributed by atoms with Crippen LogP contribution in [0.15, 0.2) is 185 Å². The lowest BCUT2D eigenvalue weighted by Gasteiger charge is -2.40. The van der Waals surface area contributed by atoms with Gasteiger partial charge in [-0.15, -0.1) is 0 Å². The Bertz CT molecular complexity index is 5220. The Balaban J connectivity index is 0.918. The Kier molecular flexibility index (Phi) is 17.1. The maximum atomic E-state index is 7.63. The van der Waals surface area contributed by atoms with Gasteiger partial charge in [0.2, 0.25) is 0 Å². The summed E-state index contributed by atoms with van der Waals surface area (Å²) >= 11 is 0. The first kappa shape index (κ1) is 66.8. The normalized spacial score (nSPS) is 15.9. The van der Waals surface area contributed by atoms with Crippen LogP contribution in [0.4, 0.5) is 17.1 Å². The van der Waals surface area contributed by atoms with Crippen LogP contribution in [0.3, 0.4) is 0 Å². The fourth-order valence-corrected chi connectivity index (χ4v) is 21.3. The number of nitrogens with zero attached hydrogens (tertiary/aromatic N) is 1. The van der Waals surface area contributed by atoms with Crippen molar-refractivity contribution in [2.24, 2.45) is 0 Å². The van der Waals surface area contributed by atoms with Crippen LogP contribution in [0.25, 0.3) is 99.5 Å². The fourth-order valence-electron chi connectivity index (χ4n) is 21.3. The quantitative estimate of drug-likeness (QED) is 0.0481. The molecule has 0 saturated heterocycles. The minimum absolute atomic E-state index is 0.160. The molecule has 102 heavy (non-hydrogen) atoms. The molecule has 2 heterocycles. The maximum Gasteiger partial charge on any atom is 0.144 e. The van der Waals surface area contributed by atoms with E-state index in [1.165, 1.54) is 269 Å². The summed E-state index contributed by atoms with van der Waals surface area (Å²) in [4.78, 5) is 2.74. The Morgan fingerprint density at radius 2 is 0.725 bits per heavy atom. The Hall–Kier alpha value is -8.40. The van der Waals surface area contributed by atoms with Crippen molar-refractivity contribution in [3.05, 3.63) is 232 Å². The predicted octanol–water partition coefficient (Wildman–Crippen LogP) is 29.8. The van der Waals surface area contributed by atoms with Gasteiger partial charge < -0.3 is 13.7 Å². The van der Waals surface area contributed by atoms with Crippen LogP contribution in [0.2, 0.25) is 0 Å². The first-order valence-electron chi connectivity index (χ1n) is 40.3. The second-order valence-corrected chi connectivity index (χ2v) is 33.5. The Morgan fingerprint density at radius 1 is 0.284 bits per heavy atom. The summed E-state index contributed by atoms with van der Waals surface area (Å²) in [6, 6.07) is 69.6. The fraction of sp³-hybridized carbons (Fsp3) is 0.394. The molecule has 0 unspecified atom stereocenters. The van der Waals surface area contributed by atoms with E-state index >= 15 is 0 Å². The second-order valence-electron chi connectivity index (χ2n) is 33.5. The summed E-state index contributed by atoms with van der Waals surface area (Å²) in [6.07, 6.45) is 29.8. The molecule has 0 saturated carbocycles. The maximum absolute atomic E-state index is 7.63. The van der Waals surface area contributed by atoms with E-state index in [9.17, 15) is 0 Å². The van der Waals surface area contributed by atoms with Crippen molar-refractivity contribution >= 4 is 60.9 Å². The van der Waals surface area contributed by atoms with Crippen LogP contribution < -0.4 is 4.90 Å². The molecule has 0 atom stereocenters. The zero-order chi connectivity index (χ0) is 69.9. The molecule has 3 heteroatoms. The lowest BCUT2D eigenvalue weighted by molar-refractivity contribution is 0.369. The number of unbranched alkanes of at least 4 members (excludes halogenated alkanes) is 16. The van der Waals surface area contributed by atoms with E-state index in [0.717, 1.165) is 35.2 Å². The molecule has 0 amide bonds. The van der Waals surface area contributed by atoms with Gasteiger partial charge in [0, 0.05) is 71.1 Å². The van der Waals surface area contributed by atoms with Gasteiger partial charge in [0.25, 0.3) is 0 Å². The molecular weight excluding hydrogens is 1240 g/mol. The van der Waals surface area contributed by atoms with E-state index in [1.54, 1.807) is 22.3 Å². The molecule has 0 spiro atoms. The lowest BCUT2D eigenvalue weighted by Crippen LogP contribution is -2.33. The molecule has 0 N–H and O–H groups in total. The molecule has 0 bridgehead atoms. The monoisotopic (exact) mass is 1340 g/mol. The van der Waals surface area contributed by atoms with Gasteiger partial charge in [-0.25, -0.2) is 0 Å². The molecule has 0 radical (unpaired) electrons. The van der Waals surface area contributed by atoms with Crippen LogP contribution in [0, 0.1) is 0 Å². The summed E-state index contributed by atoms with van der Waals surface area (Å²) in [5.74, 6) is 0. The summed E-state index contributed by atoms with van der Waals surface area (Å²) in [6.45, 7) is 24.3. The molecule has 12 aromatic rings. The van der Waals surface area contributed by atoms with Crippen LogP contribution in [-0.2, 0) is 27.1 Å². The third kappa shape index (κ3) is 10.1. The minimum atomic E-state index is -0.312. The average Bonchev–Trinajstić information content (AvgIpc) is 1.50. The van der Waals surface area contributed by atoms with Crippen molar-refractivity contribution in [1.82, 2.24) is 0 Å². The summed E-state index contributed by atoms with van der Waals surface area (Å²) < 4.78 is 14.3. The molecule has 10 aromatic carbocycles. The third-order valence-electron chi connectivity index (χ3n) is 26.4. The van der Waals surface area contributed by atoms with Crippen molar-refractivity contribution in [1.29, 1.82) is 0 Å². The molecule has 5 aliphatic carbocycles. The van der Waals surface area contributed by atoms with Gasteiger partial charge in [-0.3, -0.25) is 0 Å². The summed E-state index contributed by atoms with van der Waals surface area (Å²) in [5.41, 5.74) is 35.2. The Labute approximate surface area is 608 Å². The predicted molar refractivity (Wildman–Crippen MR) is 434 cm³/mol. The van der Waals surface area contributed by atoms with E-state index in [4.69, 9.17) is 8.83 Å². The van der Waals surface area contributed by atoms with E-state index < -0.39 is 0 Å². The summed E-state index contributed by atoms with van der Waals surface area (Å²) in [5, 5.41) is 5.02. The van der Waals surface area contributed by atoms with Gasteiger partial charge in [0.1, 0.15) is 22.3 Å². The first-order valence-corrected chi connectivity index (χ1v) is 40.3. The molecule has 3 nitrogen and oxygen atoms in total. The number of rotatable bonds is 27. The minimum Gasteiger partial charge on any atom is -0.456 e. The van der Waals surface area contributed by atoms with Crippen LogP contribution >= 0.6 is 0 Å². The van der Waals surface area contributed by atoms with Crippen molar-refractivity contribution in [3.8, 4) is 55.6 Å². The molecule has 17 rings (SSSR count). The zero-order valence-electron chi connectivity index (χ0n) is 63.0. The number of para-hydroxylation sites is 2. The second kappa shape index (κ2) is 26.1. The van der Waals surface area contributed by atoms with Gasteiger partial charge in [0.15, 0.2) is 0 Å². The van der Waals surface area contributed by atoms with Crippen molar-refractivity contribution in [2.45, 2.75) is 250 Å². The SMILES string of the molecule is CCCCCCCC1(CCCCCCC)c2ccccc2-c2c1c1c(c3c2oc2ccccc23)-c2ccc(N(c3ccc4c(c3)C(C)(C)c3cc5c(cc3-4)C(C)(C)c3ccc4oc6ccccc6c4c3-5)c3cccc4c3-c3ccccc3C4(C)C)cc2C1(CCCCCCC)CCCCCCC. The smallest absolute Gasteiger partial charge is 0.144 e. The van der Waals surface area contributed by atoms with E-state index in [1.807, 2.05) is 0 Å². The van der Waals surface area contributed by atoms with E-state index in [0.29, 0.717) is 0 Å². The number of hydrogen-bond acceptors (Lipinski definition) is 3. The van der Waals surface area contributed by atoms with Crippen LogP contribution in [-0.4, -0.2) is 0 Å².